The molecule has 6 heteroatoms. The van der Waals surface area contributed by atoms with Crippen molar-refractivity contribution in [3.63, 3.8) is 0 Å². The fourth-order valence-corrected chi connectivity index (χ4v) is 1.92. The quantitative estimate of drug-likeness (QED) is 0.603. The summed E-state index contributed by atoms with van der Waals surface area (Å²) < 4.78 is 1.33. The predicted octanol–water partition coefficient (Wildman–Crippen LogP) is 1.88. The summed E-state index contributed by atoms with van der Waals surface area (Å²) in [5, 5.41) is 4.81. The van der Waals surface area contributed by atoms with E-state index in [4.69, 9.17) is 6.42 Å². The molecule has 1 heterocycles. The highest BCUT2D eigenvalue weighted by Gasteiger charge is 2.17. The number of hydrogen-bond acceptors (Lipinski definition) is 4. The van der Waals surface area contributed by atoms with Crippen LogP contribution in [-0.2, 0) is 6.42 Å². The highest BCUT2D eigenvalue weighted by atomic mass is 32.2. The van der Waals surface area contributed by atoms with Crippen molar-refractivity contribution >= 4 is 17.8 Å². The number of rotatable bonds is 5. The summed E-state index contributed by atoms with van der Waals surface area (Å²) in [6.07, 6.45) is 8.10. The molecule has 0 saturated carbocycles. The SMILES string of the molecule is C#CCSc1nc(CCCC)nn1C(=O)N(C)C. The molecule has 1 rings (SSSR count). The van der Waals surface area contributed by atoms with E-state index in [1.54, 1.807) is 14.1 Å². The number of nitrogens with zero attached hydrogens (tertiary/aromatic N) is 4. The zero-order valence-electron chi connectivity index (χ0n) is 11.0. The largest absolute Gasteiger partial charge is 0.346 e. The standard InChI is InChI=1S/C12H18N4OS/c1-5-7-8-10-13-11(18-9-6-2)16(14-10)12(17)15(3)4/h2H,5,7-9H2,1,3-4H3. The van der Waals surface area contributed by atoms with Gasteiger partial charge in [-0.1, -0.05) is 31.0 Å². The first-order valence-corrected chi connectivity index (χ1v) is 6.82. The summed E-state index contributed by atoms with van der Waals surface area (Å²) in [5.41, 5.74) is 0. The van der Waals surface area contributed by atoms with E-state index in [1.165, 1.54) is 21.3 Å². The Labute approximate surface area is 112 Å². The molecule has 0 aliphatic carbocycles. The monoisotopic (exact) mass is 266 g/mol. The molecule has 0 bridgehead atoms. The van der Waals surface area contributed by atoms with Gasteiger partial charge in [-0.2, -0.15) is 4.68 Å². The van der Waals surface area contributed by atoms with Crippen LogP contribution >= 0.6 is 11.8 Å². The average molecular weight is 266 g/mol. The second-order valence-corrected chi connectivity index (χ2v) is 4.94. The third-order valence-electron chi connectivity index (χ3n) is 2.22. The van der Waals surface area contributed by atoms with Crippen LogP contribution in [0, 0.1) is 12.3 Å². The van der Waals surface area contributed by atoms with Gasteiger partial charge in [-0.15, -0.1) is 11.5 Å². The smallest absolute Gasteiger partial charge is 0.329 e. The number of amides is 1. The Bertz CT molecular complexity index is 447. The molecule has 0 aromatic carbocycles. The Morgan fingerprint density at radius 3 is 2.83 bits per heavy atom. The van der Waals surface area contributed by atoms with Crippen LogP contribution in [0.25, 0.3) is 0 Å². The van der Waals surface area contributed by atoms with Crippen LogP contribution in [-0.4, -0.2) is 45.5 Å². The van der Waals surface area contributed by atoms with Gasteiger partial charge in [0.05, 0.1) is 5.75 Å². The van der Waals surface area contributed by atoms with E-state index in [2.05, 4.69) is 22.9 Å². The van der Waals surface area contributed by atoms with E-state index in [-0.39, 0.29) is 6.03 Å². The van der Waals surface area contributed by atoms with Crippen molar-refractivity contribution < 1.29 is 4.79 Å². The summed E-state index contributed by atoms with van der Waals surface area (Å²) in [7, 11) is 3.37. The zero-order chi connectivity index (χ0) is 13.5. The lowest BCUT2D eigenvalue weighted by atomic mass is 10.2. The summed E-state index contributed by atoms with van der Waals surface area (Å²) in [5.74, 6) is 3.70. The molecular weight excluding hydrogens is 248 g/mol. The number of unbranched alkanes of at least 4 members (excludes halogenated alkanes) is 1. The molecule has 0 N–H and O–H groups in total. The molecule has 1 aromatic rings. The number of hydrogen-bond donors (Lipinski definition) is 0. The predicted molar refractivity (Wildman–Crippen MR) is 72.7 cm³/mol. The van der Waals surface area contributed by atoms with Gasteiger partial charge in [-0.05, 0) is 6.42 Å². The molecule has 0 aliphatic heterocycles. The van der Waals surface area contributed by atoms with Gasteiger partial charge in [0.15, 0.2) is 11.0 Å². The summed E-state index contributed by atoms with van der Waals surface area (Å²) in [4.78, 5) is 17.8. The van der Waals surface area contributed by atoms with Crippen molar-refractivity contribution in [3.05, 3.63) is 5.82 Å². The first-order valence-electron chi connectivity index (χ1n) is 5.84. The van der Waals surface area contributed by atoms with Crippen LogP contribution in [0.4, 0.5) is 4.79 Å². The zero-order valence-corrected chi connectivity index (χ0v) is 11.8. The van der Waals surface area contributed by atoms with Crippen LogP contribution in [0.2, 0.25) is 0 Å². The molecule has 0 unspecified atom stereocenters. The second-order valence-electron chi connectivity index (χ2n) is 4.00. The maximum atomic E-state index is 11.9. The molecule has 0 atom stereocenters. The summed E-state index contributed by atoms with van der Waals surface area (Å²) in [6, 6.07) is -0.204. The van der Waals surface area contributed by atoms with E-state index < -0.39 is 0 Å². The van der Waals surface area contributed by atoms with Crippen molar-refractivity contribution in [2.24, 2.45) is 0 Å². The second kappa shape index (κ2) is 7.07. The van der Waals surface area contributed by atoms with Crippen molar-refractivity contribution in [1.29, 1.82) is 0 Å². The van der Waals surface area contributed by atoms with Crippen LogP contribution in [0.5, 0.6) is 0 Å². The van der Waals surface area contributed by atoms with E-state index >= 15 is 0 Å². The molecule has 98 valence electrons. The number of aryl methyl sites for hydroxylation is 1. The molecular formula is C12H18N4OS. The van der Waals surface area contributed by atoms with Gasteiger partial charge >= 0.3 is 6.03 Å². The molecule has 0 fully saturated rings. The fourth-order valence-electron chi connectivity index (χ4n) is 1.29. The van der Waals surface area contributed by atoms with Crippen molar-refractivity contribution in [3.8, 4) is 12.3 Å². The van der Waals surface area contributed by atoms with Crippen LogP contribution in [0.15, 0.2) is 5.16 Å². The van der Waals surface area contributed by atoms with E-state index in [1.807, 2.05) is 0 Å². The maximum Gasteiger partial charge on any atom is 0.346 e. The molecule has 18 heavy (non-hydrogen) atoms. The molecule has 5 nitrogen and oxygen atoms in total. The number of carbonyl (C=O) groups is 1. The van der Waals surface area contributed by atoms with Crippen LogP contribution in [0.3, 0.4) is 0 Å². The third-order valence-corrected chi connectivity index (χ3v) is 3.06. The van der Waals surface area contributed by atoms with Gasteiger partial charge in [-0.3, -0.25) is 0 Å². The van der Waals surface area contributed by atoms with Gasteiger partial charge in [0.25, 0.3) is 0 Å². The normalized spacial score (nSPS) is 10.1. The van der Waals surface area contributed by atoms with Crippen LogP contribution < -0.4 is 0 Å². The molecule has 1 amide bonds. The Balaban J connectivity index is 2.93. The molecule has 0 radical (unpaired) electrons. The lowest BCUT2D eigenvalue weighted by molar-refractivity contribution is 0.213. The highest BCUT2D eigenvalue weighted by molar-refractivity contribution is 7.99. The topological polar surface area (TPSA) is 51.0 Å². The molecule has 1 aromatic heterocycles. The summed E-state index contributed by atoms with van der Waals surface area (Å²) in [6.45, 7) is 2.11. The number of thioether (sulfide) groups is 1. The summed E-state index contributed by atoms with van der Waals surface area (Å²) >= 11 is 1.35. The number of aromatic nitrogens is 3. The Kier molecular flexibility index (Phi) is 5.72. The Morgan fingerprint density at radius 1 is 1.56 bits per heavy atom. The van der Waals surface area contributed by atoms with E-state index in [0.29, 0.717) is 16.7 Å². The third kappa shape index (κ3) is 3.77. The van der Waals surface area contributed by atoms with E-state index in [0.717, 1.165) is 19.3 Å². The van der Waals surface area contributed by atoms with Gasteiger partial charge in [0.1, 0.15) is 0 Å². The minimum atomic E-state index is -0.204. The number of terminal acetylenes is 1. The molecule has 0 spiro atoms. The minimum absolute atomic E-state index is 0.204. The lowest BCUT2D eigenvalue weighted by Crippen LogP contribution is -2.28. The minimum Gasteiger partial charge on any atom is -0.329 e. The van der Waals surface area contributed by atoms with E-state index in [9.17, 15) is 4.79 Å². The Hall–Kier alpha value is -1.48. The van der Waals surface area contributed by atoms with Crippen LogP contribution in [0.1, 0.15) is 25.6 Å². The van der Waals surface area contributed by atoms with Crippen molar-refractivity contribution in [2.45, 2.75) is 31.3 Å². The first-order chi connectivity index (χ1) is 8.60. The lowest BCUT2D eigenvalue weighted by Gasteiger charge is -2.10. The highest BCUT2D eigenvalue weighted by Crippen LogP contribution is 2.16. The van der Waals surface area contributed by atoms with Gasteiger partial charge < -0.3 is 4.90 Å². The van der Waals surface area contributed by atoms with Gasteiger partial charge in [0.2, 0.25) is 0 Å². The average Bonchev–Trinajstić information content (AvgIpc) is 2.75. The first kappa shape index (κ1) is 14.6. The van der Waals surface area contributed by atoms with Crippen molar-refractivity contribution in [2.75, 3.05) is 19.8 Å². The maximum absolute atomic E-state index is 11.9. The Morgan fingerprint density at radius 2 is 2.28 bits per heavy atom. The van der Waals surface area contributed by atoms with Crippen molar-refractivity contribution in [1.82, 2.24) is 19.7 Å². The fraction of sp³-hybridized carbons (Fsp3) is 0.583. The van der Waals surface area contributed by atoms with Gasteiger partial charge in [0, 0.05) is 20.5 Å². The number of carbonyl (C=O) groups excluding carboxylic acids is 1. The van der Waals surface area contributed by atoms with Gasteiger partial charge in [-0.25, -0.2) is 9.78 Å². The molecule has 0 saturated heterocycles. The molecule has 0 aliphatic rings.